The van der Waals surface area contributed by atoms with Crippen molar-refractivity contribution in [3.63, 3.8) is 0 Å². The number of para-hydroxylation sites is 2. The fourth-order valence-electron chi connectivity index (χ4n) is 4.83. The van der Waals surface area contributed by atoms with Crippen LogP contribution in [-0.4, -0.2) is 54.2 Å². The zero-order valence-electron chi connectivity index (χ0n) is 18.5. The van der Waals surface area contributed by atoms with Crippen molar-refractivity contribution >= 4 is 44.5 Å². The van der Waals surface area contributed by atoms with Gasteiger partial charge in [0, 0.05) is 34.9 Å². The zero-order valence-corrected chi connectivity index (χ0v) is 20.9. The first kappa shape index (κ1) is 22.0. The van der Waals surface area contributed by atoms with Gasteiger partial charge in [0.1, 0.15) is 10.8 Å². The highest BCUT2D eigenvalue weighted by molar-refractivity contribution is 9.10. The number of nitrogens with zero attached hydrogens (tertiary/aromatic N) is 4. The Morgan fingerprint density at radius 2 is 1.72 bits per heavy atom. The molecule has 0 bridgehead atoms. The molecule has 3 aromatic rings. The highest BCUT2D eigenvalue weighted by Gasteiger charge is 2.28. The monoisotopic (exact) mass is 512 g/mol. The van der Waals surface area contributed by atoms with Gasteiger partial charge in [-0.3, -0.25) is 0 Å². The molecule has 2 saturated heterocycles. The minimum atomic E-state index is 0.726. The molecule has 0 spiro atoms. The minimum absolute atomic E-state index is 0.726. The minimum Gasteiger partial charge on any atom is -0.496 e. The van der Waals surface area contributed by atoms with Gasteiger partial charge in [-0.25, -0.2) is 9.97 Å². The molecule has 3 heterocycles. The Labute approximate surface area is 202 Å². The molecule has 2 aromatic carbocycles. The molecule has 5 nitrogen and oxygen atoms in total. The number of hydrogen-bond acceptors (Lipinski definition) is 6. The Morgan fingerprint density at radius 3 is 2.44 bits per heavy atom. The SMILES string of the molecule is COc1ccc(Br)cc1CSc1nc2ccccc2nc1N1CCC(N2CCCC2)CC1. The number of anilines is 1. The summed E-state index contributed by atoms with van der Waals surface area (Å²) in [6.45, 7) is 4.63. The fourth-order valence-corrected chi connectivity index (χ4v) is 6.23. The Kier molecular flexibility index (Phi) is 6.85. The largest absolute Gasteiger partial charge is 0.496 e. The number of thioether (sulfide) groups is 1. The molecule has 32 heavy (non-hydrogen) atoms. The van der Waals surface area contributed by atoms with Crippen LogP contribution in [0.25, 0.3) is 11.0 Å². The van der Waals surface area contributed by atoms with Crippen LogP contribution in [0.4, 0.5) is 5.82 Å². The molecule has 7 heteroatoms. The second-order valence-corrected chi connectivity index (χ2v) is 10.4. The lowest BCUT2D eigenvalue weighted by Crippen LogP contribution is -2.44. The lowest BCUT2D eigenvalue weighted by Gasteiger charge is -2.37. The van der Waals surface area contributed by atoms with E-state index < -0.39 is 0 Å². The Hall–Kier alpha value is -1.83. The average Bonchev–Trinajstić information content (AvgIpc) is 3.37. The number of fused-ring (bicyclic) bond motifs is 1. The Bertz CT molecular complexity index is 1080. The molecular weight excluding hydrogens is 484 g/mol. The van der Waals surface area contributed by atoms with Gasteiger partial charge in [-0.2, -0.15) is 0 Å². The van der Waals surface area contributed by atoms with Gasteiger partial charge >= 0.3 is 0 Å². The molecule has 168 valence electrons. The van der Waals surface area contributed by atoms with Crippen molar-refractivity contribution in [2.75, 3.05) is 38.2 Å². The van der Waals surface area contributed by atoms with E-state index in [1.165, 1.54) is 38.8 Å². The summed E-state index contributed by atoms with van der Waals surface area (Å²) < 4.78 is 6.64. The normalized spacial score (nSPS) is 17.9. The standard InChI is InChI=1S/C25H29BrN4OS/c1-31-23-9-8-19(26)16-18(23)17-32-25-24(27-21-6-2-3-7-22(21)28-25)30-14-10-20(11-15-30)29-12-4-5-13-29/h2-3,6-9,16,20H,4-5,10-15,17H2,1H3. The van der Waals surface area contributed by atoms with E-state index in [1.54, 1.807) is 18.9 Å². The molecule has 0 radical (unpaired) electrons. The summed E-state index contributed by atoms with van der Waals surface area (Å²) in [5.41, 5.74) is 3.07. The van der Waals surface area contributed by atoms with Gasteiger partial charge in [0.15, 0.2) is 5.82 Å². The second-order valence-electron chi connectivity index (χ2n) is 8.55. The number of rotatable bonds is 6. The number of ether oxygens (including phenoxy) is 1. The van der Waals surface area contributed by atoms with Crippen LogP contribution in [0.3, 0.4) is 0 Å². The van der Waals surface area contributed by atoms with Crippen LogP contribution in [0.1, 0.15) is 31.2 Å². The van der Waals surface area contributed by atoms with E-state index >= 15 is 0 Å². The van der Waals surface area contributed by atoms with E-state index in [4.69, 9.17) is 14.7 Å². The quantitative estimate of drug-likeness (QED) is 0.391. The molecule has 5 rings (SSSR count). The van der Waals surface area contributed by atoms with Crippen LogP contribution >= 0.6 is 27.7 Å². The van der Waals surface area contributed by atoms with Gasteiger partial charge in [-0.05, 0) is 69.1 Å². The maximum absolute atomic E-state index is 5.58. The van der Waals surface area contributed by atoms with Crippen LogP contribution in [-0.2, 0) is 5.75 Å². The van der Waals surface area contributed by atoms with Crippen LogP contribution in [0.2, 0.25) is 0 Å². The lowest BCUT2D eigenvalue weighted by atomic mass is 10.0. The molecule has 0 atom stereocenters. The number of likely N-dealkylation sites (tertiary alicyclic amines) is 1. The maximum atomic E-state index is 5.58. The fraction of sp³-hybridized carbons (Fsp3) is 0.440. The van der Waals surface area contributed by atoms with Crippen LogP contribution in [0.5, 0.6) is 5.75 Å². The van der Waals surface area contributed by atoms with E-state index in [2.05, 4.69) is 43.9 Å². The van der Waals surface area contributed by atoms with Crippen molar-refractivity contribution in [3.8, 4) is 5.75 Å². The molecule has 0 aliphatic carbocycles. The molecule has 0 unspecified atom stereocenters. The Morgan fingerprint density at radius 1 is 1.00 bits per heavy atom. The summed E-state index contributed by atoms with van der Waals surface area (Å²) in [6.07, 6.45) is 5.13. The smallest absolute Gasteiger partial charge is 0.161 e. The molecule has 0 amide bonds. The first-order valence-corrected chi connectivity index (χ1v) is 13.2. The first-order chi connectivity index (χ1) is 15.7. The van der Waals surface area contributed by atoms with Crippen LogP contribution in [0, 0.1) is 0 Å². The van der Waals surface area contributed by atoms with E-state index in [9.17, 15) is 0 Å². The topological polar surface area (TPSA) is 41.5 Å². The van der Waals surface area contributed by atoms with Gasteiger partial charge in [0.05, 0.1) is 18.1 Å². The summed E-state index contributed by atoms with van der Waals surface area (Å²) in [5.74, 6) is 2.72. The maximum Gasteiger partial charge on any atom is 0.161 e. The first-order valence-electron chi connectivity index (χ1n) is 11.4. The molecule has 2 fully saturated rings. The summed E-state index contributed by atoms with van der Waals surface area (Å²) in [6, 6.07) is 15.1. The average molecular weight is 514 g/mol. The molecule has 2 aliphatic rings. The molecular formula is C25H29BrN4OS. The lowest BCUT2D eigenvalue weighted by molar-refractivity contribution is 0.207. The Balaban J connectivity index is 1.39. The summed E-state index contributed by atoms with van der Waals surface area (Å²) in [7, 11) is 1.73. The predicted octanol–water partition coefficient (Wildman–Crippen LogP) is 5.76. The molecule has 0 N–H and O–H groups in total. The van der Waals surface area contributed by atoms with Gasteiger partial charge in [0.25, 0.3) is 0 Å². The molecule has 1 aromatic heterocycles. The third-order valence-corrected chi connectivity index (χ3v) is 8.05. The van der Waals surface area contributed by atoms with Gasteiger partial charge in [0.2, 0.25) is 0 Å². The van der Waals surface area contributed by atoms with Crippen LogP contribution < -0.4 is 9.64 Å². The highest BCUT2D eigenvalue weighted by Crippen LogP contribution is 2.36. The highest BCUT2D eigenvalue weighted by atomic mass is 79.9. The van der Waals surface area contributed by atoms with E-state index in [1.807, 2.05) is 24.3 Å². The number of piperidine rings is 1. The van der Waals surface area contributed by atoms with Crippen LogP contribution in [0.15, 0.2) is 52.0 Å². The van der Waals surface area contributed by atoms with Crippen molar-refractivity contribution in [2.24, 2.45) is 0 Å². The third kappa shape index (κ3) is 4.75. The predicted molar refractivity (Wildman–Crippen MR) is 136 cm³/mol. The zero-order chi connectivity index (χ0) is 21.9. The van der Waals surface area contributed by atoms with Crippen molar-refractivity contribution in [1.82, 2.24) is 14.9 Å². The molecule has 2 aliphatic heterocycles. The number of benzene rings is 2. The summed E-state index contributed by atoms with van der Waals surface area (Å²) in [4.78, 5) is 15.3. The summed E-state index contributed by atoms with van der Waals surface area (Å²) >= 11 is 5.34. The number of hydrogen-bond donors (Lipinski definition) is 0. The van der Waals surface area contributed by atoms with Crippen molar-refractivity contribution in [1.29, 1.82) is 0 Å². The summed E-state index contributed by atoms with van der Waals surface area (Å²) in [5, 5.41) is 1.00. The number of aromatic nitrogens is 2. The van der Waals surface area contributed by atoms with Gasteiger partial charge in [-0.1, -0.05) is 39.8 Å². The van der Waals surface area contributed by atoms with Crippen molar-refractivity contribution in [3.05, 3.63) is 52.5 Å². The third-order valence-electron chi connectivity index (χ3n) is 6.55. The van der Waals surface area contributed by atoms with Gasteiger partial charge < -0.3 is 14.5 Å². The van der Waals surface area contributed by atoms with E-state index in [0.717, 1.165) is 62.5 Å². The number of halogens is 1. The van der Waals surface area contributed by atoms with E-state index in [0.29, 0.717) is 0 Å². The van der Waals surface area contributed by atoms with Crippen molar-refractivity contribution in [2.45, 2.75) is 42.5 Å². The molecule has 0 saturated carbocycles. The van der Waals surface area contributed by atoms with Crippen molar-refractivity contribution < 1.29 is 4.74 Å². The van der Waals surface area contributed by atoms with Gasteiger partial charge in [-0.15, -0.1) is 0 Å². The second kappa shape index (κ2) is 9.98. The number of methoxy groups -OCH3 is 1. The van der Waals surface area contributed by atoms with E-state index in [-0.39, 0.29) is 0 Å².